The summed E-state index contributed by atoms with van der Waals surface area (Å²) >= 11 is 4.18. The zero-order valence-corrected chi connectivity index (χ0v) is 13.9. The van der Waals surface area contributed by atoms with Gasteiger partial charge in [0.1, 0.15) is 11.6 Å². The molecule has 96 valence electrons. The second-order valence-corrected chi connectivity index (χ2v) is 6.82. The molecule has 0 aliphatic carbocycles. The van der Waals surface area contributed by atoms with E-state index in [0.717, 1.165) is 39.6 Å². The highest BCUT2D eigenvalue weighted by Crippen LogP contribution is 2.21. The molecule has 5 heteroatoms. The van der Waals surface area contributed by atoms with Gasteiger partial charge in [-0.15, -0.1) is 0 Å². The lowest BCUT2D eigenvalue weighted by molar-refractivity contribution is 0.932. The maximum Gasteiger partial charge on any atom is 0.143 e. The molecule has 1 N–H and O–H groups in total. The predicted molar refractivity (Wildman–Crippen MR) is 84.7 cm³/mol. The molecule has 1 rings (SSSR count). The van der Waals surface area contributed by atoms with Crippen molar-refractivity contribution in [2.75, 3.05) is 11.9 Å². The van der Waals surface area contributed by atoms with Crippen molar-refractivity contribution >= 4 is 40.2 Å². The first kappa shape index (κ1) is 15.0. The standard InChI is InChI=1S/C12H20IN3S/c1-5-6-14-12-11(13)9(4)15-10(16-12)7-17-8(2)3/h8H,5-7H2,1-4H3,(H,14,15,16). The van der Waals surface area contributed by atoms with Crippen molar-refractivity contribution in [3.63, 3.8) is 0 Å². The number of aromatic nitrogens is 2. The number of rotatable bonds is 6. The van der Waals surface area contributed by atoms with Crippen LogP contribution in [0.5, 0.6) is 0 Å². The molecule has 0 saturated heterocycles. The molecule has 0 unspecified atom stereocenters. The van der Waals surface area contributed by atoms with E-state index in [1.165, 1.54) is 0 Å². The van der Waals surface area contributed by atoms with Crippen molar-refractivity contribution in [3.05, 3.63) is 15.1 Å². The van der Waals surface area contributed by atoms with Crippen molar-refractivity contribution < 1.29 is 0 Å². The summed E-state index contributed by atoms with van der Waals surface area (Å²) in [6.07, 6.45) is 1.11. The van der Waals surface area contributed by atoms with Crippen LogP contribution in [0.15, 0.2) is 0 Å². The summed E-state index contributed by atoms with van der Waals surface area (Å²) in [4.78, 5) is 9.13. The molecule has 0 spiro atoms. The van der Waals surface area contributed by atoms with Crippen molar-refractivity contribution in [2.45, 2.75) is 45.1 Å². The minimum atomic E-state index is 0.616. The number of hydrogen-bond donors (Lipinski definition) is 1. The number of hydrogen-bond acceptors (Lipinski definition) is 4. The molecule has 1 aromatic rings. The van der Waals surface area contributed by atoms with Crippen LogP contribution >= 0.6 is 34.4 Å². The monoisotopic (exact) mass is 365 g/mol. The summed E-state index contributed by atoms with van der Waals surface area (Å²) < 4.78 is 1.13. The second-order valence-electron chi connectivity index (χ2n) is 4.17. The Hall–Kier alpha value is -0.0400. The van der Waals surface area contributed by atoms with Gasteiger partial charge in [0.25, 0.3) is 0 Å². The molecule has 1 heterocycles. The molecule has 0 saturated carbocycles. The van der Waals surface area contributed by atoms with Crippen LogP contribution in [0.3, 0.4) is 0 Å². The summed E-state index contributed by atoms with van der Waals surface area (Å²) in [7, 11) is 0. The summed E-state index contributed by atoms with van der Waals surface area (Å²) in [6.45, 7) is 9.55. The molecular weight excluding hydrogens is 345 g/mol. The summed E-state index contributed by atoms with van der Waals surface area (Å²) in [5, 5.41) is 3.98. The van der Waals surface area contributed by atoms with E-state index in [4.69, 9.17) is 0 Å². The molecule has 0 aliphatic heterocycles. The van der Waals surface area contributed by atoms with Gasteiger partial charge in [0.05, 0.1) is 15.0 Å². The molecule has 17 heavy (non-hydrogen) atoms. The maximum absolute atomic E-state index is 4.59. The first-order chi connectivity index (χ1) is 8.04. The first-order valence-corrected chi connectivity index (χ1v) is 8.05. The Labute approximate surface area is 122 Å². The van der Waals surface area contributed by atoms with E-state index < -0.39 is 0 Å². The zero-order valence-electron chi connectivity index (χ0n) is 10.9. The minimum absolute atomic E-state index is 0.616. The maximum atomic E-state index is 4.59. The molecule has 0 atom stereocenters. The summed E-state index contributed by atoms with van der Waals surface area (Å²) in [5.41, 5.74) is 1.07. The molecule has 1 aromatic heterocycles. The van der Waals surface area contributed by atoms with Crippen LogP contribution in [0.1, 0.15) is 38.7 Å². The molecule has 0 aliphatic rings. The van der Waals surface area contributed by atoms with Crippen LogP contribution in [0, 0.1) is 10.5 Å². The Morgan fingerprint density at radius 2 is 2.06 bits per heavy atom. The first-order valence-electron chi connectivity index (χ1n) is 5.93. The van der Waals surface area contributed by atoms with Gasteiger partial charge in [-0.3, -0.25) is 0 Å². The van der Waals surface area contributed by atoms with E-state index in [0.29, 0.717) is 5.25 Å². The average Bonchev–Trinajstić information content (AvgIpc) is 2.28. The normalized spacial score (nSPS) is 10.9. The molecule has 0 bridgehead atoms. The Morgan fingerprint density at radius 1 is 1.35 bits per heavy atom. The average molecular weight is 365 g/mol. The third-order valence-electron chi connectivity index (χ3n) is 2.15. The van der Waals surface area contributed by atoms with Gasteiger partial charge in [-0.1, -0.05) is 20.8 Å². The lowest BCUT2D eigenvalue weighted by Gasteiger charge is -2.11. The number of aryl methyl sites for hydroxylation is 1. The number of nitrogens with zero attached hydrogens (tertiary/aromatic N) is 2. The van der Waals surface area contributed by atoms with Gasteiger partial charge in [-0.2, -0.15) is 11.8 Å². The van der Waals surface area contributed by atoms with Gasteiger partial charge >= 0.3 is 0 Å². The predicted octanol–water partition coefficient (Wildman–Crippen LogP) is 3.85. The number of nitrogens with one attached hydrogen (secondary N) is 1. The molecular formula is C12H20IN3S. The van der Waals surface area contributed by atoms with Crippen molar-refractivity contribution in [1.29, 1.82) is 0 Å². The van der Waals surface area contributed by atoms with Crippen LogP contribution in [0.25, 0.3) is 0 Å². The van der Waals surface area contributed by atoms with Gasteiger partial charge in [-0.25, -0.2) is 9.97 Å². The van der Waals surface area contributed by atoms with Gasteiger partial charge < -0.3 is 5.32 Å². The van der Waals surface area contributed by atoms with E-state index in [1.54, 1.807) is 0 Å². The number of anilines is 1. The lowest BCUT2D eigenvalue weighted by atomic mass is 10.4. The van der Waals surface area contributed by atoms with Crippen LogP contribution in [0.2, 0.25) is 0 Å². The Bertz CT molecular complexity index is 369. The molecule has 0 fully saturated rings. The van der Waals surface area contributed by atoms with E-state index in [9.17, 15) is 0 Å². The molecule has 0 amide bonds. The molecule has 3 nitrogen and oxygen atoms in total. The summed E-state index contributed by atoms with van der Waals surface area (Å²) in [6, 6.07) is 0. The van der Waals surface area contributed by atoms with Crippen molar-refractivity contribution in [3.8, 4) is 0 Å². The topological polar surface area (TPSA) is 37.8 Å². The number of thioether (sulfide) groups is 1. The van der Waals surface area contributed by atoms with Crippen LogP contribution in [-0.2, 0) is 5.75 Å². The fraction of sp³-hybridized carbons (Fsp3) is 0.667. The fourth-order valence-electron chi connectivity index (χ4n) is 1.28. The molecule has 0 radical (unpaired) electrons. The van der Waals surface area contributed by atoms with E-state index in [-0.39, 0.29) is 0 Å². The SMILES string of the molecule is CCCNc1nc(CSC(C)C)nc(C)c1I. The second kappa shape index (κ2) is 7.41. The molecule has 0 aromatic carbocycles. The Kier molecular flexibility index (Phi) is 6.54. The lowest BCUT2D eigenvalue weighted by Crippen LogP contribution is -2.09. The Morgan fingerprint density at radius 3 is 2.65 bits per heavy atom. The highest BCUT2D eigenvalue weighted by atomic mass is 127. The van der Waals surface area contributed by atoms with Gasteiger partial charge in [0, 0.05) is 6.54 Å². The third kappa shape index (κ3) is 4.99. The van der Waals surface area contributed by atoms with Gasteiger partial charge in [-0.05, 0) is 41.2 Å². The van der Waals surface area contributed by atoms with Gasteiger partial charge in [0.2, 0.25) is 0 Å². The van der Waals surface area contributed by atoms with Crippen molar-refractivity contribution in [2.24, 2.45) is 0 Å². The van der Waals surface area contributed by atoms with Gasteiger partial charge in [0.15, 0.2) is 0 Å². The largest absolute Gasteiger partial charge is 0.369 e. The van der Waals surface area contributed by atoms with Crippen molar-refractivity contribution in [1.82, 2.24) is 9.97 Å². The highest BCUT2D eigenvalue weighted by Gasteiger charge is 2.09. The van der Waals surface area contributed by atoms with Crippen LogP contribution < -0.4 is 5.32 Å². The highest BCUT2D eigenvalue weighted by molar-refractivity contribution is 14.1. The quantitative estimate of drug-likeness (QED) is 0.777. The zero-order chi connectivity index (χ0) is 12.8. The van der Waals surface area contributed by atoms with E-state index in [2.05, 4.69) is 58.6 Å². The van der Waals surface area contributed by atoms with E-state index in [1.807, 2.05) is 18.7 Å². The van der Waals surface area contributed by atoms with Crippen LogP contribution in [-0.4, -0.2) is 21.8 Å². The Balaban J connectivity index is 2.81. The minimum Gasteiger partial charge on any atom is -0.369 e. The fourth-order valence-corrected chi connectivity index (χ4v) is 2.33. The van der Waals surface area contributed by atoms with Crippen LogP contribution in [0.4, 0.5) is 5.82 Å². The smallest absolute Gasteiger partial charge is 0.143 e. The number of halogens is 1. The van der Waals surface area contributed by atoms with E-state index >= 15 is 0 Å². The third-order valence-corrected chi connectivity index (χ3v) is 4.53. The summed E-state index contributed by atoms with van der Waals surface area (Å²) in [5.74, 6) is 2.80.